The molecular weight excluding hydrogens is 320 g/mol. The third-order valence-corrected chi connectivity index (χ3v) is 5.31. The first kappa shape index (κ1) is 20.7. The molecule has 3 heteroatoms. The number of ether oxygens (including phenoxy) is 1. The summed E-state index contributed by atoms with van der Waals surface area (Å²) in [5.74, 6) is 1.44. The molecule has 0 heterocycles. The minimum absolute atomic E-state index is 0.525. The maximum Gasteiger partial charge on any atom is 0.119 e. The summed E-state index contributed by atoms with van der Waals surface area (Å²) in [5.41, 5.74) is 1.40. The van der Waals surface area contributed by atoms with Gasteiger partial charge in [0.05, 0.1) is 7.11 Å². The highest BCUT2D eigenvalue weighted by atomic mass is 16.5. The van der Waals surface area contributed by atoms with Gasteiger partial charge in [0.1, 0.15) is 5.75 Å². The fraction of sp³-hybridized carbons (Fsp3) is 0.565. The van der Waals surface area contributed by atoms with Crippen molar-refractivity contribution in [3.05, 3.63) is 42.0 Å². The molecule has 2 rings (SSSR count). The van der Waals surface area contributed by atoms with Gasteiger partial charge in [-0.3, -0.25) is 0 Å². The topological polar surface area (TPSA) is 24.5 Å². The smallest absolute Gasteiger partial charge is 0.119 e. The van der Waals surface area contributed by atoms with Crippen molar-refractivity contribution < 1.29 is 4.74 Å². The van der Waals surface area contributed by atoms with Crippen LogP contribution in [-0.2, 0) is 0 Å². The highest BCUT2D eigenvalue weighted by Crippen LogP contribution is 2.24. The van der Waals surface area contributed by atoms with E-state index < -0.39 is 0 Å². The summed E-state index contributed by atoms with van der Waals surface area (Å²) in [5, 5.41) is 6.15. The van der Waals surface area contributed by atoms with E-state index in [-0.39, 0.29) is 0 Å². The van der Waals surface area contributed by atoms with E-state index in [1.807, 2.05) is 6.07 Å². The minimum atomic E-state index is 0.525. The SMILES string of the molecule is CCN(CC)CCCCCNCC(C)c1ccc2cc(OC)ccc2c1. The predicted molar refractivity (Wildman–Crippen MR) is 113 cm³/mol. The summed E-state index contributed by atoms with van der Waals surface area (Å²) < 4.78 is 5.31. The zero-order chi connectivity index (χ0) is 18.8. The second kappa shape index (κ2) is 11.2. The van der Waals surface area contributed by atoms with E-state index in [2.05, 4.69) is 61.3 Å². The zero-order valence-corrected chi connectivity index (χ0v) is 17.1. The molecule has 1 N–H and O–H groups in total. The van der Waals surface area contributed by atoms with Crippen molar-refractivity contribution >= 4 is 10.8 Å². The third kappa shape index (κ3) is 6.30. The Morgan fingerprint density at radius 2 is 1.69 bits per heavy atom. The van der Waals surface area contributed by atoms with Gasteiger partial charge in [-0.25, -0.2) is 0 Å². The standard InChI is InChI=1S/C23H36N2O/c1-5-25(6-2)15-9-7-8-14-24-18-19(3)20-10-11-22-17-23(26-4)13-12-21(22)16-20/h10-13,16-17,19,24H,5-9,14-15,18H2,1-4H3. The Morgan fingerprint density at radius 3 is 2.42 bits per heavy atom. The Hall–Kier alpha value is -1.58. The van der Waals surface area contributed by atoms with Gasteiger partial charge in [-0.15, -0.1) is 0 Å². The lowest BCUT2D eigenvalue weighted by Gasteiger charge is -2.17. The molecule has 0 aliphatic carbocycles. The largest absolute Gasteiger partial charge is 0.497 e. The number of hydrogen-bond donors (Lipinski definition) is 1. The van der Waals surface area contributed by atoms with E-state index in [4.69, 9.17) is 4.74 Å². The number of nitrogens with one attached hydrogen (secondary N) is 1. The molecule has 0 fully saturated rings. The van der Waals surface area contributed by atoms with Gasteiger partial charge in [-0.2, -0.15) is 0 Å². The normalized spacial score (nSPS) is 12.7. The van der Waals surface area contributed by atoms with Gasteiger partial charge in [0, 0.05) is 6.54 Å². The van der Waals surface area contributed by atoms with E-state index in [0.717, 1.165) is 18.8 Å². The molecule has 0 aliphatic heterocycles. The number of rotatable bonds is 12. The Labute approximate surface area is 159 Å². The van der Waals surface area contributed by atoms with Gasteiger partial charge >= 0.3 is 0 Å². The van der Waals surface area contributed by atoms with Gasteiger partial charge in [-0.05, 0) is 73.4 Å². The van der Waals surface area contributed by atoms with Crippen molar-refractivity contribution in [2.24, 2.45) is 0 Å². The van der Waals surface area contributed by atoms with E-state index in [1.165, 1.54) is 55.2 Å². The number of unbranched alkanes of at least 4 members (excludes halogenated alkanes) is 2. The summed E-state index contributed by atoms with van der Waals surface area (Å²) in [6, 6.07) is 13.0. The van der Waals surface area contributed by atoms with Crippen LogP contribution < -0.4 is 10.1 Å². The summed E-state index contributed by atoms with van der Waals surface area (Å²) in [7, 11) is 1.72. The summed E-state index contributed by atoms with van der Waals surface area (Å²) in [4.78, 5) is 2.50. The zero-order valence-electron chi connectivity index (χ0n) is 17.1. The Morgan fingerprint density at radius 1 is 0.962 bits per heavy atom. The fourth-order valence-electron chi connectivity index (χ4n) is 3.41. The van der Waals surface area contributed by atoms with E-state index in [1.54, 1.807) is 7.11 Å². The van der Waals surface area contributed by atoms with Crippen molar-refractivity contribution in [2.75, 3.05) is 39.8 Å². The van der Waals surface area contributed by atoms with Crippen molar-refractivity contribution in [1.82, 2.24) is 10.2 Å². The van der Waals surface area contributed by atoms with Crippen molar-refractivity contribution in [3.63, 3.8) is 0 Å². The lowest BCUT2D eigenvalue weighted by Crippen LogP contribution is -2.24. The first-order valence-electron chi connectivity index (χ1n) is 10.2. The average Bonchev–Trinajstić information content (AvgIpc) is 2.69. The molecule has 1 atom stereocenters. The molecule has 0 amide bonds. The average molecular weight is 357 g/mol. The fourth-order valence-corrected chi connectivity index (χ4v) is 3.41. The Bertz CT molecular complexity index is 652. The molecule has 0 bridgehead atoms. The molecular formula is C23H36N2O. The van der Waals surface area contributed by atoms with Crippen LogP contribution in [0.25, 0.3) is 10.8 Å². The molecule has 0 spiro atoms. The van der Waals surface area contributed by atoms with Crippen LogP contribution in [0, 0.1) is 0 Å². The van der Waals surface area contributed by atoms with Gasteiger partial charge in [-0.1, -0.05) is 51.5 Å². The molecule has 2 aromatic rings. The van der Waals surface area contributed by atoms with Gasteiger partial charge < -0.3 is 15.0 Å². The maximum absolute atomic E-state index is 5.31. The second-order valence-corrected chi connectivity index (χ2v) is 7.17. The molecule has 0 aromatic heterocycles. The highest BCUT2D eigenvalue weighted by molar-refractivity contribution is 5.84. The predicted octanol–water partition coefficient (Wildman–Crippen LogP) is 5.05. The molecule has 26 heavy (non-hydrogen) atoms. The monoisotopic (exact) mass is 356 g/mol. The van der Waals surface area contributed by atoms with Gasteiger partial charge in [0.25, 0.3) is 0 Å². The van der Waals surface area contributed by atoms with Crippen molar-refractivity contribution in [1.29, 1.82) is 0 Å². The van der Waals surface area contributed by atoms with Gasteiger partial charge in [0.15, 0.2) is 0 Å². The molecule has 3 nitrogen and oxygen atoms in total. The van der Waals surface area contributed by atoms with E-state index >= 15 is 0 Å². The van der Waals surface area contributed by atoms with Crippen LogP contribution in [0.5, 0.6) is 5.75 Å². The Kier molecular flexibility index (Phi) is 8.93. The van der Waals surface area contributed by atoms with E-state index in [9.17, 15) is 0 Å². The molecule has 144 valence electrons. The van der Waals surface area contributed by atoms with Crippen LogP contribution in [0.15, 0.2) is 36.4 Å². The van der Waals surface area contributed by atoms with Crippen LogP contribution in [-0.4, -0.2) is 44.7 Å². The van der Waals surface area contributed by atoms with Crippen molar-refractivity contribution in [2.45, 2.75) is 46.0 Å². The quantitative estimate of drug-likeness (QED) is 0.538. The van der Waals surface area contributed by atoms with Gasteiger partial charge in [0.2, 0.25) is 0 Å². The second-order valence-electron chi connectivity index (χ2n) is 7.17. The molecule has 0 radical (unpaired) electrons. The highest BCUT2D eigenvalue weighted by Gasteiger charge is 2.07. The summed E-state index contributed by atoms with van der Waals surface area (Å²) in [6.07, 6.45) is 3.90. The van der Waals surface area contributed by atoms with Crippen LogP contribution in [0.2, 0.25) is 0 Å². The molecule has 0 saturated carbocycles. The first-order valence-corrected chi connectivity index (χ1v) is 10.2. The lowest BCUT2D eigenvalue weighted by molar-refractivity contribution is 0.295. The molecule has 0 saturated heterocycles. The lowest BCUT2D eigenvalue weighted by atomic mass is 9.97. The third-order valence-electron chi connectivity index (χ3n) is 5.31. The number of fused-ring (bicyclic) bond motifs is 1. The summed E-state index contributed by atoms with van der Waals surface area (Å²) >= 11 is 0. The first-order chi connectivity index (χ1) is 12.7. The molecule has 1 unspecified atom stereocenters. The maximum atomic E-state index is 5.31. The Balaban J connectivity index is 1.71. The van der Waals surface area contributed by atoms with Crippen molar-refractivity contribution in [3.8, 4) is 5.75 Å². The van der Waals surface area contributed by atoms with Crippen LogP contribution >= 0.6 is 0 Å². The molecule has 0 aliphatic rings. The minimum Gasteiger partial charge on any atom is -0.497 e. The molecule has 2 aromatic carbocycles. The number of nitrogens with zero attached hydrogens (tertiary/aromatic N) is 1. The van der Waals surface area contributed by atoms with Crippen LogP contribution in [0.1, 0.15) is 51.5 Å². The number of benzene rings is 2. The number of hydrogen-bond acceptors (Lipinski definition) is 3. The van der Waals surface area contributed by atoms with Crippen LogP contribution in [0.3, 0.4) is 0 Å². The van der Waals surface area contributed by atoms with Crippen LogP contribution in [0.4, 0.5) is 0 Å². The van der Waals surface area contributed by atoms with E-state index in [0.29, 0.717) is 5.92 Å². The number of methoxy groups -OCH3 is 1. The summed E-state index contributed by atoms with van der Waals surface area (Å²) in [6.45, 7) is 12.5.